The van der Waals surface area contributed by atoms with Gasteiger partial charge in [-0.25, -0.2) is 0 Å². The third kappa shape index (κ3) is 3.77. The van der Waals surface area contributed by atoms with Crippen LogP contribution in [0, 0.1) is 0 Å². The standard InChI is InChI=1S/C27H31N3O3/c1-3-15-29-25(26(31)28-19-10-5-4-6-11-19)24-16-18-9-7-8-12-22(18)30(24)23-14-13-20(33-2)17-21(23)27(29)32/h7-9,12-14,16-17,19,25H,3-6,10-11,15H2,1-2H3,(H,28,31). The van der Waals surface area contributed by atoms with Crippen molar-refractivity contribution in [2.45, 2.75) is 57.5 Å². The summed E-state index contributed by atoms with van der Waals surface area (Å²) in [6, 6.07) is 15.2. The number of carbonyl (C=O) groups is 2. The molecule has 1 N–H and O–H groups in total. The van der Waals surface area contributed by atoms with Crippen LogP contribution in [0.5, 0.6) is 5.75 Å². The fraction of sp³-hybridized carbons (Fsp3) is 0.407. The maximum absolute atomic E-state index is 13.9. The van der Waals surface area contributed by atoms with Crippen molar-refractivity contribution >= 4 is 22.7 Å². The second-order valence-corrected chi connectivity index (χ2v) is 9.09. The molecule has 1 unspecified atom stereocenters. The minimum atomic E-state index is -0.690. The predicted octanol–water partition coefficient (Wildman–Crippen LogP) is 4.99. The SMILES string of the molecule is CCCN1C(=O)c2cc(OC)ccc2-n2c(cc3ccccc32)C1C(=O)NC1CCCCC1. The number of hydrogen-bond acceptors (Lipinski definition) is 3. The van der Waals surface area contributed by atoms with Crippen LogP contribution >= 0.6 is 0 Å². The molecule has 1 aromatic heterocycles. The predicted molar refractivity (Wildman–Crippen MR) is 129 cm³/mol. The van der Waals surface area contributed by atoms with E-state index >= 15 is 0 Å². The fourth-order valence-corrected chi connectivity index (χ4v) is 5.36. The van der Waals surface area contributed by atoms with Gasteiger partial charge in [-0.1, -0.05) is 44.4 Å². The van der Waals surface area contributed by atoms with Gasteiger partial charge in [-0.2, -0.15) is 0 Å². The number of nitrogens with zero attached hydrogens (tertiary/aromatic N) is 2. The molecular formula is C27H31N3O3. The van der Waals surface area contributed by atoms with Gasteiger partial charge in [-0.05, 0) is 49.6 Å². The number of amides is 2. The molecule has 172 valence electrons. The Labute approximate surface area is 194 Å². The number of aromatic nitrogens is 1. The number of nitrogens with one attached hydrogen (secondary N) is 1. The Morgan fingerprint density at radius 1 is 1.09 bits per heavy atom. The van der Waals surface area contributed by atoms with E-state index in [9.17, 15) is 9.59 Å². The molecule has 5 rings (SSSR count). The van der Waals surface area contributed by atoms with Gasteiger partial charge in [0.2, 0.25) is 5.91 Å². The summed E-state index contributed by atoms with van der Waals surface area (Å²) >= 11 is 0. The molecule has 6 heteroatoms. The van der Waals surface area contributed by atoms with Gasteiger partial charge in [0.25, 0.3) is 5.91 Å². The third-order valence-corrected chi connectivity index (χ3v) is 6.93. The van der Waals surface area contributed by atoms with Gasteiger partial charge in [-0.3, -0.25) is 9.59 Å². The van der Waals surface area contributed by atoms with E-state index in [-0.39, 0.29) is 17.9 Å². The summed E-state index contributed by atoms with van der Waals surface area (Å²) in [5.74, 6) is 0.400. The highest BCUT2D eigenvalue weighted by Crippen LogP contribution is 2.38. The van der Waals surface area contributed by atoms with Crippen LogP contribution in [-0.2, 0) is 4.79 Å². The van der Waals surface area contributed by atoms with Crippen LogP contribution in [0.1, 0.15) is 67.5 Å². The molecule has 2 aliphatic rings. The van der Waals surface area contributed by atoms with Crippen LogP contribution in [-0.4, -0.2) is 41.0 Å². The van der Waals surface area contributed by atoms with Crippen LogP contribution in [0.2, 0.25) is 0 Å². The summed E-state index contributed by atoms with van der Waals surface area (Å²) in [4.78, 5) is 29.4. The van der Waals surface area contributed by atoms with Crippen molar-refractivity contribution < 1.29 is 14.3 Å². The van der Waals surface area contributed by atoms with Crippen molar-refractivity contribution in [3.8, 4) is 11.4 Å². The number of benzene rings is 2. The van der Waals surface area contributed by atoms with E-state index in [2.05, 4.69) is 22.0 Å². The lowest BCUT2D eigenvalue weighted by molar-refractivity contribution is -0.127. The highest BCUT2D eigenvalue weighted by molar-refractivity contribution is 6.03. The van der Waals surface area contributed by atoms with E-state index in [1.54, 1.807) is 18.1 Å². The molecule has 33 heavy (non-hydrogen) atoms. The largest absolute Gasteiger partial charge is 0.497 e. The Balaban J connectivity index is 1.70. The highest BCUT2D eigenvalue weighted by atomic mass is 16.5. The van der Waals surface area contributed by atoms with Gasteiger partial charge in [0.1, 0.15) is 5.75 Å². The van der Waals surface area contributed by atoms with Crippen molar-refractivity contribution in [2.24, 2.45) is 0 Å². The zero-order valence-electron chi connectivity index (χ0n) is 19.3. The fourth-order valence-electron chi connectivity index (χ4n) is 5.36. The number of fused-ring (bicyclic) bond motifs is 5. The molecule has 1 fully saturated rings. The molecule has 0 bridgehead atoms. The first kappa shape index (κ1) is 21.6. The third-order valence-electron chi connectivity index (χ3n) is 6.93. The molecule has 6 nitrogen and oxygen atoms in total. The lowest BCUT2D eigenvalue weighted by atomic mass is 9.95. The van der Waals surface area contributed by atoms with Crippen LogP contribution in [0.4, 0.5) is 0 Å². The van der Waals surface area contributed by atoms with Gasteiger partial charge in [0, 0.05) is 18.0 Å². The van der Waals surface area contributed by atoms with Gasteiger partial charge in [0.15, 0.2) is 6.04 Å². The van der Waals surface area contributed by atoms with Gasteiger partial charge in [0.05, 0.1) is 29.6 Å². The van der Waals surface area contributed by atoms with Crippen molar-refractivity contribution in [2.75, 3.05) is 13.7 Å². The quantitative estimate of drug-likeness (QED) is 0.601. The molecule has 1 atom stereocenters. The molecule has 0 radical (unpaired) electrons. The number of rotatable bonds is 5. The zero-order valence-corrected chi connectivity index (χ0v) is 19.3. The Morgan fingerprint density at radius 2 is 1.88 bits per heavy atom. The van der Waals surface area contributed by atoms with E-state index in [0.717, 1.165) is 54.4 Å². The van der Waals surface area contributed by atoms with E-state index < -0.39 is 6.04 Å². The maximum Gasteiger partial charge on any atom is 0.257 e. The zero-order chi connectivity index (χ0) is 22.9. The summed E-state index contributed by atoms with van der Waals surface area (Å²) in [5, 5.41) is 4.34. The minimum Gasteiger partial charge on any atom is -0.497 e. The topological polar surface area (TPSA) is 63.6 Å². The van der Waals surface area contributed by atoms with Crippen molar-refractivity contribution in [1.29, 1.82) is 0 Å². The molecule has 1 saturated carbocycles. The van der Waals surface area contributed by atoms with Gasteiger partial charge in [-0.15, -0.1) is 0 Å². The van der Waals surface area contributed by atoms with Crippen molar-refractivity contribution in [3.05, 3.63) is 59.8 Å². The van der Waals surface area contributed by atoms with E-state index in [0.29, 0.717) is 17.9 Å². The number of ether oxygens (including phenoxy) is 1. The van der Waals surface area contributed by atoms with Gasteiger partial charge >= 0.3 is 0 Å². The first-order valence-corrected chi connectivity index (χ1v) is 12.0. The van der Waals surface area contributed by atoms with E-state index in [4.69, 9.17) is 4.74 Å². The number of hydrogen-bond donors (Lipinski definition) is 1. The molecular weight excluding hydrogens is 414 g/mol. The summed E-state index contributed by atoms with van der Waals surface area (Å²) in [7, 11) is 1.60. The van der Waals surface area contributed by atoms with Gasteiger partial charge < -0.3 is 19.5 Å². The van der Waals surface area contributed by atoms with Crippen LogP contribution < -0.4 is 10.1 Å². The van der Waals surface area contributed by atoms with Crippen LogP contribution in [0.15, 0.2) is 48.5 Å². The highest BCUT2D eigenvalue weighted by Gasteiger charge is 2.39. The molecule has 1 aliphatic carbocycles. The number of carbonyl (C=O) groups excluding carboxylic acids is 2. The summed E-state index contributed by atoms with van der Waals surface area (Å²) in [6.07, 6.45) is 6.26. The number of para-hydroxylation sites is 1. The smallest absolute Gasteiger partial charge is 0.257 e. The lowest BCUT2D eigenvalue weighted by Crippen LogP contribution is -2.47. The second kappa shape index (κ2) is 8.93. The Kier molecular flexibility index (Phi) is 5.83. The Hall–Kier alpha value is -3.28. The molecule has 3 aromatic rings. The lowest BCUT2D eigenvalue weighted by Gasteiger charge is -2.31. The second-order valence-electron chi connectivity index (χ2n) is 9.09. The van der Waals surface area contributed by atoms with Crippen LogP contribution in [0.3, 0.4) is 0 Å². The van der Waals surface area contributed by atoms with E-state index in [1.807, 2.05) is 37.3 Å². The Bertz CT molecular complexity index is 1190. The average molecular weight is 446 g/mol. The first-order chi connectivity index (χ1) is 16.1. The molecule has 0 spiro atoms. The average Bonchev–Trinajstić information content (AvgIpc) is 3.18. The molecule has 2 aromatic carbocycles. The molecule has 2 amide bonds. The maximum atomic E-state index is 13.9. The minimum absolute atomic E-state index is 0.0903. The molecule has 2 heterocycles. The van der Waals surface area contributed by atoms with Crippen LogP contribution in [0.25, 0.3) is 16.6 Å². The van der Waals surface area contributed by atoms with Crippen molar-refractivity contribution in [1.82, 2.24) is 14.8 Å². The monoisotopic (exact) mass is 445 g/mol. The Morgan fingerprint density at radius 3 is 2.64 bits per heavy atom. The summed E-state index contributed by atoms with van der Waals surface area (Å²) in [5.41, 5.74) is 3.15. The molecule has 0 saturated heterocycles. The van der Waals surface area contributed by atoms with E-state index in [1.165, 1.54) is 6.42 Å². The van der Waals surface area contributed by atoms with Crippen molar-refractivity contribution in [3.63, 3.8) is 0 Å². The molecule has 1 aliphatic heterocycles. The number of methoxy groups -OCH3 is 1. The first-order valence-electron chi connectivity index (χ1n) is 12.0. The summed E-state index contributed by atoms with van der Waals surface area (Å²) in [6.45, 7) is 2.54. The summed E-state index contributed by atoms with van der Waals surface area (Å²) < 4.78 is 7.52. The normalized spacial score (nSPS) is 18.5.